The molecule has 0 radical (unpaired) electrons. The lowest BCUT2D eigenvalue weighted by Gasteiger charge is -2.13. The van der Waals surface area contributed by atoms with Gasteiger partial charge in [0.25, 0.3) is 0 Å². The van der Waals surface area contributed by atoms with Crippen LogP contribution in [0, 0.1) is 6.92 Å². The van der Waals surface area contributed by atoms with Crippen LogP contribution in [0.5, 0.6) is 5.75 Å². The number of ketones is 1. The van der Waals surface area contributed by atoms with Gasteiger partial charge in [0.15, 0.2) is 5.78 Å². The van der Waals surface area contributed by atoms with Crippen molar-refractivity contribution >= 4 is 52.9 Å². The molecule has 0 aliphatic rings. The molecule has 6 heteroatoms. The predicted octanol–water partition coefficient (Wildman–Crippen LogP) is 5.34. The Bertz CT molecular complexity index is 898. The summed E-state index contributed by atoms with van der Waals surface area (Å²) in [6.45, 7) is 3.51. The van der Waals surface area contributed by atoms with Gasteiger partial charge in [0, 0.05) is 28.0 Å². The lowest BCUT2D eigenvalue weighted by molar-refractivity contribution is 0.101. The average Bonchev–Trinajstić information content (AvgIpc) is 2.54. The average molecular weight is 379 g/mol. The Kier molecular flexibility index (Phi) is 7.22. The molecule has 0 saturated carbocycles. The highest BCUT2D eigenvalue weighted by Gasteiger charge is 2.09. The number of Topliss-reactive ketones (excluding diaryl/α,β-unsaturated/α-hetero) is 1. The first-order valence-corrected chi connectivity index (χ1v) is 7.41. The summed E-state index contributed by atoms with van der Waals surface area (Å²) < 4.78 is 5.40. The Morgan fingerprint density at radius 2 is 1.80 bits per heavy atom. The molecule has 0 aliphatic heterocycles. The van der Waals surface area contributed by atoms with E-state index in [1.807, 2.05) is 55.5 Å². The molecule has 0 atom stereocenters. The fraction of sp³-hybridized carbons (Fsp3) is 0.158. The van der Waals surface area contributed by atoms with E-state index in [4.69, 9.17) is 4.74 Å². The Labute approximate surface area is 159 Å². The molecule has 1 N–H and O–H groups in total. The van der Waals surface area contributed by atoms with Crippen LogP contribution in [0.4, 0.5) is 11.4 Å². The topological polar surface area (TPSA) is 51.2 Å². The van der Waals surface area contributed by atoms with E-state index in [0.29, 0.717) is 5.56 Å². The summed E-state index contributed by atoms with van der Waals surface area (Å²) in [4.78, 5) is 16.1. The van der Waals surface area contributed by atoms with Crippen LogP contribution in [0.15, 0.2) is 48.5 Å². The van der Waals surface area contributed by atoms with Crippen molar-refractivity contribution in [1.29, 1.82) is 0 Å². The molecule has 0 bridgehead atoms. The number of aryl methyl sites for hydroxylation is 1. The molecule has 2 aromatic carbocycles. The van der Waals surface area contributed by atoms with E-state index in [0.717, 1.165) is 33.7 Å². The number of ether oxygens (including phenoxy) is 1. The number of carbonyl (C=O) groups excluding carboxylic acids is 1. The Morgan fingerprint density at radius 3 is 2.48 bits per heavy atom. The van der Waals surface area contributed by atoms with Gasteiger partial charge in [0.2, 0.25) is 0 Å². The third-order valence-corrected chi connectivity index (χ3v) is 3.70. The number of benzene rings is 2. The van der Waals surface area contributed by atoms with Crippen LogP contribution >= 0.6 is 24.8 Å². The number of hydrogen-bond acceptors (Lipinski definition) is 4. The van der Waals surface area contributed by atoms with Crippen LogP contribution in [0.1, 0.15) is 23.0 Å². The highest BCUT2D eigenvalue weighted by Crippen LogP contribution is 2.31. The summed E-state index contributed by atoms with van der Waals surface area (Å²) in [6.07, 6.45) is 0. The van der Waals surface area contributed by atoms with Crippen LogP contribution in [-0.4, -0.2) is 17.9 Å². The Hall–Kier alpha value is -2.30. The minimum absolute atomic E-state index is 0. The zero-order valence-corrected chi connectivity index (χ0v) is 15.8. The van der Waals surface area contributed by atoms with Crippen molar-refractivity contribution in [3.63, 3.8) is 0 Å². The quantitative estimate of drug-likeness (QED) is 0.622. The molecule has 132 valence electrons. The fourth-order valence-corrected chi connectivity index (χ4v) is 2.59. The molecule has 1 heterocycles. The lowest BCUT2D eigenvalue weighted by Crippen LogP contribution is -1.98. The second-order valence-corrected chi connectivity index (χ2v) is 5.43. The van der Waals surface area contributed by atoms with E-state index in [9.17, 15) is 4.79 Å². The summed E-state index contributed by atoms with van der Waals surface area (Å²) in [6, 6.07) is 15.3. The van der Waals surface area contributed by atoms with Crippen LogP contribution in [-0.2, 0) is 0 Å². The summed E-state index contributed by atoms with van der Waals surface area (Å²) in [5.41, 5.74) is 4.20. The maximum absolute atomic E-state index is 11.5. The summed E-state index contributed by atoms with van der Waals surface area (Å²) in [7, 11) is 1.64. The van der Waals surface area contributed by atoms with Crippen LogP contribution in [0.3, 0.4) is 0 Å². The van der Waals surface area contributed by atoms with Crippen LogP contribution < -0.4 is 10.1 Å². The number of nitrogens with one attached hydrogen (secondary N) is 1. The molecule has 3 rings (SSSR count). The van der Waals surface area contributed by atoms with Gasteiger partial charge >= 0.3 is 0 Å². The van der Waals surface area contributed by atoms with Crippen molar-refractivity contribution in [2.24, 2.45) is 0 Å². The monoisotopic (exact) mass is 378 g/mol. The lowest BCUT2D eigenvalue weighted by atomic mass is 10.1. The zero-order valence-electron chi connectivity index (χ0n) is 14.2. The second kappa shape index (κ2) is 8.70. The Morgan fingerprint density at radius 1 is 1.08 bits per heavy atom. The molecule has 4 nitrogen and oxygen atoms in total. The van der Waals surface area contributed by atoms with E-state index in [1.165, 1.54) is 0 Å². The molecule has 0 fully saturated rings. The van der Waals surface area contributed by atoms with Gasteiger partial charge in [0.05, 0.1) is 7.11 Å². The molecular weight excluding hydrogens is 359 g/mol. The SMILES string of the molecule is COc1cccc2c(Nc3cccc(C(C)=O)c3)cc(C)nc12.Cl.Cl. The van der Waals surface area contributed by atoms with Gasteiger partial charge in [-0.05, 0) is 38.1 Å². The van der Waals surface area contributed by atoms with Gasteiger partial charge in [-0.1, -0.05) is 24.3 Å². The summed E-state index contributed by atoms with van der Waals surface area (Å²) in [5, 5.41) is 4.36. The first-order chi connectivity index (χ1) is 11.1. The number of carbonyl (C=O) groups is 1. The fourth-order valence-electron chi connectivity index (χ4n) is 2.59. The smallest absolute Gasteiger partial charge is 0.159 e. The van der Waals surface area contributed by atoms with Crippen molar-refractivity contribution in [1.82, 2.24) is 4.98 Å². The number of rotatable bonds is 4. The maximum Gasteiger partial charge on any atom is 0.159 e. The third-order valence-electron chi connectivity index (χ3n) is 3.70. The van der Waals surface area contributed by atoms with E-state index < -0.39 is 0 Å². The summed E-state index contributed by atoms with van der Waals surface area (Å²) >= 11 is 0. The third kappa shape index (κ3) is 4.41. The van der Waals surface area contributed by atoms with Gasteiger partial charge in [-0.15, -0.1) is 24.8 Å². The van der Waals surface area contributed by atoms with Crippen LogP contribution in [0.2, 0.25) is 0 Å². The zero-order chi connectivity index (χ0) is 16.4. The number of fused-ring (bicyclic) bond motifs is 1. The summed E-state index contributed by atoms with van der Waals surface area (Å²) in [5.74, 6) is 0.790. The molecule has 1 aromatic heterocycles. The molecule has 0 saturated heterocycles. The van der Waals surface area contributed by atoms with E-state index in [1.54, 1.807) is 14.0 Å². The largest absolute Gasteiger partial charge is 0.494 e. The van der Waals surface area contributed by atoms with Crippen molar-refractivity contribution in [2.75, 3.05) is 12.4 Å². The molecule has 3 aromatic rings. The number of halogens is 2. The number of anilines is 2. The number of hydrogen-bond donors (Lipinski definition) is 1. The van der Waals surface area contributed by atoms with E-state index >= 15 is 0 Å². The van der Waals surface area contributed by atoms with Crippen LogP contribution in [0.25, 0.3) is 10.9 Å². The first kappa shape index (κ1) is 20.7. The minimum atomic E-state index is 0. The van der Waals surface area contributed by atoms with E-state index in [2.05, 4.69) is 10.3 Å². The van der Waals surface area contributed by atoms with Crippen molar-refractivity contribution in [3.05, 3.63) is 59.8 Å². The number of methoxy groups -OCH3 is 1. The molecule has 0 amide bonds. The molecular formula is C19H20Cl2N2O2. The van der Waals surface area contributed by atoms with Gasteiger partial charge in [-0.25, -0.2) is 4.98 Å². The molecule has 0 spiro atoms. The van der Waals surface area contributed by atoms with Crippen molar-refractivity contribution in [2.45, 2.75) is 13.8 Å². The number of nitrogens with zero attached hydrogens (tertiary/aromatic N) is 1. The molecule has 0 unspecified atom stereocenters. The predicted molar refractivity (Wildman–Crippen MR) is 107 cm³/mol. The van der Waals surface area contributed by atoms with Gasteiger partial charge in [-0.2, -0.15) is 0 Å². The highest BCUT2D eigenvalue weighted by molar-refractivity contribution is 5.98. The molecule has 25 heavy (non-hydrogen) atoms. The van der Waals surface area contributed by atoms with Crippen molar-refractivity contribution < 1.29 is 9.53 Å². The number of pyridine rings is 1. The highest BCUT2D eigenvalue weighted by atomic mass is 35.5. The second-order valence-electron chi connectivity index (χ2n) is 5.43. The van der Waals surface area contributed by atoms with Crippen molar-refractivity contribution in [3.8, 4) is 5.75 Å². The van der Waals surface area contributed by atoms with E-state index in [-0.39, 0.29) is 30.6 Å². The Balaban J connectivity index is 0.00000156. The normalized spacial score (nSPS) is 9.72. The standard InChI is InChI=1S/C19H18N2O2.2ClH/c1-12-10-17(16-8-5-9-18(23-3)19(16)20-12)21-15-7-4-6-14(11-15)13(2)22;;/h4-11H,1-3H3,(H,20,21);2*1H. The minimum Gasteiger partial charge on any atom is -0.494 e. The maximum atomic E-state index is 11.5. The van der Waals surface area contributed by atoms with Gasteiger partial charge < -0.3 is 10.1 Å². The number of aromatic nitrogens is 1. The van der Waals surface area contributed by atoms with Gasteiger partial charge in [-0.3, -0.25) is 4.79 Å². The first-order valence-electron chi connectivity index (χ1n) is 7.41. The number of para-hydroxylation sites is 1. The van der Waals surface area contributed by atoms with Gasteiger partial charge in [0.1, 0.15) is 11.3 Å². The molecule has 0 aliphatic carbocycles.